The standard InChI is InChI=1S/C18H23Cl2N2O.BrH/c1-22(2,12-14-7-3-4-8-16(14)19)13-15(23)11-21-18-10-6-5-9-17(18)20;/h3-10,15,21,23H,11-13H2,1-2H3;1H/q+1;/p-1. The average molecular weight is 434 g/mol. The molecule has 1 unspecified atom stereocenters. The van der Waals surface area contributed by atoms with E-state index in [1.165, 1.54) is 0 Å². The van der Waals surface area contributed by atoms with Gasteiger partial charge in [-0.1, -0.05) is 53.5 Å². The number of rotatable bonds is 7. The van der Waals surface area contributed by atoms with Crippen LogP contribution in [0.15, 0.2) is 48.5 Å². The number of benzene rings is 2. The number of aliphatic hydroxyl groups is 1. The van der Waals surface area contributed by atoms with E-state index in [0.717, 1.165) is 22.8 Å². The van der Waals surface area contributed by atoms with Crippen LogP contribution in [0.4, 0.5) is 5.69 Å². The quantitative estimate of drug-likeness (QED) is 0.639. The predicted molar refractivity (Wildman–Crippen MR) is 98.1 cm³/mol. The number of nitrogens with one attached hydrogen (secondary N) is 1. The Morgan fingerprint density at radius 2 is 1.58 bits per heavy atom. The summed E-state index contributed by atoms with van der Waals surface area (Å²) in [7, 11) is 4.17. The van der Waals surface area contributed by atoms with Crippen molar-refractivity contribution in [3.63, 3.8) is 0 Å². The molecule has 0 saturated carbocycles. The molecular formula is C18H23BrCl2N2O. The number of para-hydroxylation sites is 1. The maximum Gasteiger partial charge on any atom is 0.120 e. The minimum atomic E-state index is -0.483. The van der Waals surface area contributed by atoms with Crippen LogP contribution in [0.1, 0.15) is 5.56 Å². The highest BCUT2D eigenvalue weighted by molar-refractivity contribution is 6.33. The number of quaternary nitrogens is 1. The number of hydrogen-bond donors (Lipinski definition) is 2. The zero-order valence-corrected chi connectivity index (χ0v) is 16.9. The molecule has 0 aliphatic heterocycles. The molecule has 0 amide bonds. The fourth-order valence-electron chi connectivity index (χ4n) is 2.62. The molecule has 2 N–H and O–H groups in total. The molecular weight excluding hydrogens is 411 g/mol. The lowest BCUT2D eigenvalue weighted by atomic mass is 10.2. The normalized spacial score (nSPS) is 12.4. The van der Waals surface area contributed by atoms with Crippen molar-refractivity contribution >= 4 is 28.9 Å². The third-order valence-electron chi connectivity index (χ3n) is 3.66. The Morgan fingerprint density at radius 1 is 1.00 bits per heavy atom. The van der Waals surface area contributed by atoms with Gasteiger partial charge in [-0.25, -0.2) is 0 Å². The summed E-state index contributed by atoms with van der Waals surface area (Å²) < 4.78 is 0.648. The summed E-state index contributed by atoms with van der Waals surface area (Å²) in [6.07, 6.45) is -0.483. The van der Waals surface area contributed by atoms with Gasteiger partial charge in [0.05, 0.1) is 24.8 Å². The first kappa shape index (κ1) is 21.3. The molecule has 132 valence electrons. The number of nitrogens with zero attached hydrogens (tertiary/aromatic N) is 1. The van der Waals surface area contributed by atoms with Gasteiger partial charge in [0.25, 0.3) is 0 Å². The van der Waals surface area contributed by atoms with Crippen molar-refractivity contribution in [3.05, 3.63) is 64.1 Å². The molecule has 0 saturated heterocycles. The van der Waals surface area contributed by atoms with E-state index in [2.05, 4.69) is 19.4 Å². The monoisotopic (exact) mass is 432 g/mol. The molecule has 0 aliphatic carbocycles. The van der Waals surface area contributed by atoms with Gasteiger partial charge in [0, 0.05) is 17.1 Å². The third kappa shape index (κ3) is 6.61. The average Bonchev–Trinajstić information content (AvgIpc) is 2.48. The highest BCUT2D eigenvalue weighted by Gasteiger charge is 2.22. The largest absolute Gasteiger partial charge is 1.00 e. The van der Waals surface area contributed by atoms with Gasteiger partial charge in [0.1, 0.15) is 19.2 Å². The molecule has 6 heteroatoms. The number of halogens is 3. The Hall–Kier alpha value is -0.780. The van der Waals surface area contributed by atoms with E-state index >= 15 is 0 Å². The van der Waals surface area contributed by atoms with Gasteiger partial charge >= 0.3 is 0 Å². The second-order valence-corrected chi connectivity index (χ2v) is 7.20. The van der Waals surface area contributed by atoms with Crippen molar-refractivity contribution in [1.29, 1.82) is 0 Å². The van der Waals surface area contributed by atoms with Crippen LogP contribution < -0.4 is 22.3 Å². The van der Waals surface area contributed by atoms with Crippen molar-refractivity contribution < 1.29 is 26.6 Å². The van der Waals surface area contributed by atoms with Crippen LogP contribution in [0.2, 0.25) is 10.0 Å². The number of anilines is 1. The fraction of sp³-hybridized carbons (Fsp3) is 0.333. The molecule has 2 aromatic carbocycles. The molecule has 3 nitrogen and oxygen atoms in total. The zero-order chi connectivity index (χ0) is 16.9. The van der Waals surface area contributed by atoms with E-state index < -0.39 is 6.10 Å². The maximum absolute atomic E-state index is 10.3. The molecule has 0 bridgehead atoms. The number of hydrogen-bond acceptors (Lipinski definition) is 2. The first-order valence-electron chi connectivity index (χ1n) is 7.59. The van der Waals surface area contributed by atoms with Gasteiger partial charge < -0.3 is 31.9 Å². The molecule has 0 aromatic heterocycles. The Labute approximate surface area is 164 Å². The topological polar surface area (TPSA) is 32.3 Å². The van der Waals surface area contributed by atoms with Crippen molar-refractivity contribution in [2.45, 2.75) is 12.6 Å². The molecule has 0 spiro atoms. The molecule has 1 atom stereocenters. The summed E-state index contributed by atoms with van der Waals surface area (Å²) in [5.74, 6) is 0. The van der Waals surface area contributed by atoms with E-state index in [0.29, 0.717) is 22.6 Å². The second kappa shape index (κ2) is 9.64. The van der Waals surface area contributed by atoms with E-state index in [4.69, 9.17) is 23.2 Å². The second-order valence-electron chi connectivity index (χ2n) is 6.38. The van der Waals surface area contributed by atoms with Crippen LogP contribution >= 0.6 is 23.2 Å². The van der Waals surface area contributed by atoms with E-state index in [-0.39, 0.29) is 17.0 Å². The van der Waals surface area contributed by atoms with Crippen molar-refractivity contribution in [3.8, 4) is 0 Å². The molecule has 0 fully saturated rings. The molecule has 2 rings (SSSR count). The van der Waals surface area contributed by atoms with Crippen molar-refractivity contribution in [2.24, 2.45) is 0 Å². The lowest BCUT2D eigenvalue weighted by Gasteiger charge is -2.32. The first-order valence-corrected chi connectivity index (χ1v) is 8.35. The van der Waals surface area contributed by atoms with E-state index in [1.54, 1.807) is 0 Å². The lowest BCUT2D eigenvalue weighted by Crippen LogP contribution is -3.00. The van der Waals surface area contributed by atoms with Crippen molar-refractivity contribution in [1.82, 2.24) is 0 Å². The highest BCUT2D eigenvalue weighted by Crippen LogP contribution is 2.21. The summed E-state index contributed by atoms with van der Waals surface area (Å²) in [6.45, 7) is 1.83. The Kier molecular flexibility index (Phi) is 8.54. The Bertz CT molecular complexity index is 652. The summed E-state index contributed by atoms with van der Waals surface area (Å²) in [6, 6.07) is 15.4. The lowest BCUT2D eigenvalue weighted by molar-refractivity contribution is -0.906. The SMILES string of the molecule is C[N+](C)(Cc1ccccc1Cl)CC(O)CNc1ccccc1Cl.[Br-]. The van der Waals surface area contributed by atoms with Gasteiger partial charge in [0.2, 0.25) is 0 Å². The van der Waals surface area contributed by atoms with Crippen molar-refractivity contribution in [2.75, 3.05) is 32.5 Å². The van der Waals surface area contributed by atoms with Crippen LogP contribution in [0.5, 0.6) is 0 Å². The molecule has 2 aromatic rings. The van der Waals surface area contributed by atoms with Gasteiger partial charge in [0.15, 0.2) is 0 Å². The number of aliphatic hydroxyl groups excluding tert-OH is 1. The molecule has 24 heavy (non-hydrogen) atoms. The van der Waals surface area contributed by atoms with Crippen LogP contribution in [-0.4, -0.2) is 42.9 Å². The Morgan fingerprint density at radius 3 is 2.21 bits per heavy atom. The maximum atomic E-state index is 10.3. The van der Waals surface area contributed by atoms with E-state index in [9.17, 15) is 5.11 Å². The van der Waals surface area contributed by atoms with Gasteiger partial charge in [-0.2, -0.15) is 0 Å². The predicted octanol–water partition coefficient (Wildman–Crippen LogP) is 1.05. The van der Waals surface area contributed by atoms with Crippen LogP contribution in [-0.2, 0) is 6.54 Å². The summed E-state index contributed by atoms with van der Waals surface area (Å²) in [5, 5.41) is 14.9. The van der Waals surface area contributed by atoms with Gasteiger partial charge in [-0.05, 0) is 18.2 Å². The minimum Gasteiger partial charge on any atom is -1.00 e. The number of likely N-dealkylation sites (N-methyl/N-ethyl adjacent to an activating group) is 1. The smallest absolute Gasteiger partial charge is 0.120 e. The summed E-state index contributed by atoms with van der Waals surface area (Å²) >= 11 is 12.3. The van der Waals surface area contributed by atoms with Gasteiger partial charge in [-0.15, -0.1) is 0 Å². The zero-order valence-electron chi connectivity index (χ0n) is 13.8. The summed E-state index contributed by atoms with van der Waals surface area (Å²) in [5.41, 5.74) is 1.93. The summed E-state index contributed by atoms with van der Waals surface area (Å²) in [4.78, 5) is 0. The molecule has 0 aliphatic rings. The van der Waals surface area contributed by atoms with Gasteiger partial charge in [-0.3, -0.25) is 0 Å². The molecule has 0 radical (unpaired) electrons. The van der Waals surface area contributed by atoms with Crippen LogP contribution in [0.3, 0.4) is 0 Å². The fourth-order valence-corrected chi connectivity index (χ4v) is 3.02. The van der Waals surface area contributed by atoms with Crippen LogP contribution in [0, 0.1) is 0 Å². The first-order chi connectivity index (χ1) is 10.9. The minimum absolute atomic E-state index is 0. The highest BCUT2D eigenvalue weighted by atomic mass is 79.9. The van der Waals surface area contributed by atoms with Crippen LogP contribution in [0.25, 0.3) is 0 Å². The molecule has 0 heterocycles. The van der Waals surface area contributed by atoms with E-state index in [1.807, 2.05) is 48.5 Å². The Balaban J connectivity index is 0.00000288. The third-order valence-corrected chi connectivity index (χ3v) is 4.36.